The molecule has 0 fully saturated rings. The summed E-state index contributed by atoms with van der Waals surface area (Å²) in [5.41, 5.74) is 1.18. The number of hydrogen-bond acceptors (Lipinski definition) is 2. The van der Waals surface area contributed by atoms with Gasteiger partial charge in [-0.3, -0.25) is 4.68 Å². The fourth-order valence-electron chi connectivity index (χ4n) is 1.42. The smallest absolute Gasteiger partial charge is 0.124 e. The van der Waals surface area contributed by atoms with Gasteiger partial charge in [-0.15, -0.1) is 0 Å². The molecule has 15 heavy (non-hydrogen) atoms. The Labute approximate surface area is 86.8 Å². The first kappa shape index (κ1) is 9.71. The summed E-state index contributed by atoms with van der Waals surface area (Å²) in [5.74, 6) is -0.306. The van der Waals surface area contributed by atoms with Crippen molar-refractivity contribution in [1.82, 2.24) is 9.78 Å². The Kier molecular flexibility index (Phi) is 2.41. The zero-order chi connectivity index (χ0) is 10.8. The highest BCUT2D eigenvalue weighted by Crippen LogP contribution is 2.29. The van der Waals surface area contributed by atoms with E-state index >= 15 is 0 Å². The van der Waals surface area contributed by atoms with E-state index in [1.807, 2.05) is 6.92 Å². The summed E-state index contributed by atoms with van der Waals surface area (Å²) in [5, 5.41) is 13.6. The third kappa shape index (κ3) is 1.83. The van der Waals surface area contributed by atoms with Crippen LogP contribution in [0.1, 0.15) is 6.92 Å². The lowest BCUT2D eigenvalue weighted by molar-refractivity contribution is 0.475. The van der Waals surface area contributed by atoms with Crippen LogP contribution in [0.25, 0.3) is 11.1 Å². The fraction of sp³-hybridized carbons (Fsp3) is 0.182. The van der Waals surface area contributed by atoms with E-state index in [2.05, 4.69) is 5.10 Å². The summed E-state index contributed by atoms with van der Waals surface area (Å²) in [6.07, 6.45) is 3.38. The number of nitrogens with zero attached hydrogens (tertiary/aromatic N) is 2. The molecule has 1 aromatic carbocycles. The molecule has 0 bridgehead atoms. The van der Waals surface area contributed by atoms with E-state index in [1.165, 1.54) is 18.2 Å². The largest absolute Gasteiger partial charge is 0.507 e. The molecule has 1 aromatic heterocycles. The topological polar surface area (TPSA) is 38.0 Å². The molecule has 0 aliphatic carbocycles. The van der Waals surface area contributed by atoms with Gasteiger partial charge < -0.3 is 5.11 Å². The van der Waals surface area contributed by atoms with Crippen LogP contribution in [0.15, 0.2) is 30.6 Å². The number of phenols is 1. The van der Waals surface area contributed by atoms with E-state index in [9.17, 15) is 9.50 Å². The van der Waals surface area contributed by atoms with E-state index in [0.29, 0.717) is 11.1 Å². The molecule has 1 heterocycles. The van der Waals surface area contributed by atoms with Crippen LogP contribution in [0.4, 0.5) is 4.39 Å². The highest BCUT2D eigenvalue weighted by molar-refractivity contribution is 5.68. The SMILES string of the molecule is CCn1cc(-c2cc(F)ccc2O)cn1. The zero-order valence-corrected chi connectivity index (χ0v) is 8.31. The predicted octanol–water partition coefficient (Wildman–Crippen LogP) is 2.41. The van der Waals surface area contributed by atoms with Gasteiger partial charge in [-0.2, -0.15) is 5.10 Å². The molecule has 0 aliphatic heterocycles. The van der Waals surface area contributed by atoms with Gasteiger partial charge in [0.2, 0.25) is 0 Å². The van der Waals surface area contributed by atoms with Crippen LogP contribution in [0.5, 0.6) is 5.75 Å². The predicted molar refractivity (Wildman–Crippen MR) is 55.0 cm³/mol. The molecule has 0 atom stereocenters. The van der Waals surface area contributed by atoms with Crippen molar-refractivity contribution in [2.24, 2.45) is 0 Å². The van der Waals surface area contributed by atoms with Crippen LogP contribution in [0.3, 0.4) is 0 Å². The van der Waals surface area contributed by atoms with Gasteiger partial charge in [-0.05, 0) is 25.1 Å². The third-order valence-corrected chi connectivity index (χ3v) is 2.23. The second kappa shape index (κ2) is 3.73. The van der Waals surface area contributed by atoms with Gasteiger partial charge in [0.05, 0.1) is 6.20 Å². The lowest BCUT2D eigenvalue weighted by atomic mass is 10.1. The van der Waals surface area contributed by atoms with Crippen molar-refractivity contribution >= 4 is 0 Å². The number of benzene rings is 1. The van der Waals surface area contributed by atoms with Crippen LogP contribution in [0, 0.1) is 5.82 Å². The first-order chi connectivity index (χ1) is 7.20. The maximum atomic E-state index is 13.0. The Morgan fingerprint density at radius 1 is 1.47 bits per heavy atom. The number of hydrogen-bond donors (Lipinski definition) is 1. The molecule has 0 aliphatic rings. The van der Waals surface area contributed by atoms with E-state index in [-0.39, 0.29) is 11.6 Å². The van der Waals surface area contributed by atoms with Gasteiger partial charge in [0.25, 0.3) is 0 Å². The van der Waals surface area contributed by atoms with Gasteiger partial charge in [-0.25, -0.2) is 4.39 Å². The number of halogens is 1. The maximum Gasteiger partial charge on any atom is 0.124 e. The highest BCUT2D eigenvalue weighted by Gasteiger charge is 2.07. The Balaban J connectivity index is 2.48. The molecule has 2 aromatic rings. The van der Waals surface area contributed by atoms with E-state index < -0.39 is 0 Å². The van der Waals surface area contributed by atoms with Crippen molar-refractivity contribution in [3.63, 3.8) is 0 Å². The minimum atomic E-state index is -0.368. The molecule has 4 heteroatoms. The molecular weight excluding hydrogens is 195 g/mol. The molecule has 1 N–H and O–H groups in total. The number of aromatic hydroxyl groups is 1. The average Bonchev–Trinajstić information content (AvgIpc) is 2.70. The molecule has 0 amide bonds. The Bertz CT molecular complexity index is 479. The van der Waals surface area contributed by atoms with Crippen LogP contribution < -0.4 is 0 Å². The molecule has 78 valence electrons. The zero-order valence-electron chi connectivity index (χ0n) is 8.31. The normalized spacial score (nSPS) is 10.5. The molecule has 2 rings (SSSR count). The fourth-order valence-corrected chi connectivity index (χ4v) is 1.42. The van der Waals surface area contributed by atoms with Crippen molar-refractivity contribution in [2.75, 3.05) is 0 Å². The highest BCUT2D eigenvalue weighted by atomic mass is 19.1. The van der Waals surface area contributed by atoms with Crippen molar-refractivity contribution in [3.8, 4) is 16.9 Å². The van der Waals surface area contributed by atoms with Crippen LogP contribution in [-0.4, -0.2) is 14.9 Å². The average molecular weight is 206 g/mol. The van der Waals surface area contributed by atoms with Crippen LogP contribution >= 0.6 is 0 Å². The van der Waals surface area contributed by atoms with E-state index in [1.54, 1.807) is 17.1 Å². The Morgan fingerprint density at radius 3 is 2.93 bits per heavy atom. The molecule has 0 saturated carbocycles. The third-order valence-electron chi connectivity index (χ3n) is 2.23. The molecular formula is C11H11FN2O. The van der Waals surface area contributed by atoms with Crippen molar-refractivity contribution < 1.29 is 9.50 Å². The minimum Gasteiger partial charge on any atom is -0.507 e. The second-order valence-electron chi connectivity index (χ2n) is 3.25. The summed E-state index contributed by atoms with van der Waals surface area (Å²) in [6, 6.07) is 3.86. The summed E-state index contributed by atoms with van der Waals surface area (Å²) in [6.45, 7) is 2.71. The molecule has 0 unspecified atom stereocenters. The van der Waals surface area contributed by atoms with Crippen LogP contribution in [-0.2, 0) is 6.54 Å². The second-order valence-corrected chi connectivity index (χ2v) is 3.25. The lowest BCUT2D eigenvalue weighted by Crippen LogP contribution is -1.92. The minimum absolute atomic E-state index is 0.0621. The molecule has 0 saturated heterocycles. The summed E-state index contributed by atoms with van der Waals surface area (Å²) in [7, 11) is 0. The standard InChI is InChI=1S/C11H11FN2O/c1-2-14-7-8(6-13-14)10-5-9(12)3-4-11(10)15/h3-7,15H,2H2,1H3. The summed E-state index contributed by atoms with van der Waals surface area (Å²) < 4.78 is 14.7. The monoisotopic (exact) mass is 206 g/mol. The number of rotatable bonds is 2. The first-order valence-corrected chi connectivity index (χ1v) is 4.72. The van der Waals surface area contributed by atoms with Gasteiger partial charge in [0.15, 0.2) is 0 Å². The Morgan fingerprint density at radius 2 is 2.27 bits per heavy atom. The van der Waals surface area contributed by atoms with Gasteiger partial charge >= 0.3 is 0 Å². The van der Waals surface area contributed by atoms with Crippen molar-refractivity contribution in [1.29, 1.82) is 0 Å². The number of phenolic OH excluding ortho intramolecular Hbond substituents is 1. The van der Waals surface area contributed by atoms with Crippen molar-refractivity contribution in [2.45, 2.75) is 13.5 Å². The first-order valence-electron chi connectivity index (χ1n) is 4.72. The van der Waals surface area contributed by atoms with Gasteiger partial charge in [0.1, 0.15) is 11.6 Å². The summed E-state index contributed by atoms with van der Waals surface area (Å²) >= 11 is 0. The van der Waals surface area contributed by atoms with Gasteiger partial charge in [0, 0.05) is 23.9 Å². The lowest BCUT2D eigenvalue weighted by Gasteiger charge is -2.01. The number of aromatic nitrogens is 2. The van der Waals surface area contributed by atoms with E-state index in [4.69, 9.17) is 0 Å². The molecule has 3 nitrogen and oxygen atoms in total. The molecule has 0 radical (unpaired) electrons. The Hall–Kier alpha value is -1.84. The van der Waals surface area contributed by atoms with Gasteiger partial charge in [-0.1, -0.05) is 0 Å². The summed E-state index contributed by atoms with van der Waals surface area (Å²) in [4.78, 5) is 0. The maximum absolute atomic E-state index is 13.0. The number of aryl methyl sites for hydroxylation is 1. The van der Waals surface area contributed by atoms with Crippen LogP contribution in [0.2, 0.25) is 0 Å². The molecule has 0 spiro atoms. The van der Waals surface area contributed by atoms with E-state index in [0.717, 1.165) is 6.54 Å². The van der Waals surface area contributed by atoms with Crippen molar-refractivity contribution in [3.05, 3.63) is 36.4 Å². The quantitative estimate of drug-likeness (QED) is 0.819.